The summed E-state index contributed by atoms with van der Waals surface area (Å²) in [6.07, 6.45) is 2.20. The minimum Gasteiger partial charge on any atom is -0.388 e. The molecule has 3 amide bonds. The Balaban J connectivity index is 1.50. The number of nitrogens with one attached hydrogen (secondary N) is 1. The second kappa shape index (κ2) is 10.3. The second-order valence-electron chi connectivity index (χ2n) is 8.09. The van der Waals surface area contributed by atoms with E-state index in [4.69, 9.17) is 0 Å². The van der Waals surface area contributed by atoms with Gasteiger partial charge in [-0.25, -0.2) is 4.79 Å². The molecule has 0 saturated carbocycles. The summed E-state index contributed by atoms with van der Waals surface area (Å²) >= 11 is 0. The van der Waals surface area contributed by atoms with Crippen LogP contribution in [0.5, 0.6) is 0 Å². The van der Waals surface area contributed by atoms with Crippen LogP contribution in [0.1, 0.15) is 36.5 Å². The minimum atomic E-state index is -0.500. The van der Waals surface area contributed by atoms with Gasteiger partial charge < -0.3 is 20.2 Å². The normalized spacial score (nSPS) is 15.5. The molecule has 1 fully saturated rings. The third-order valence-corrected chi connectivity index (χ3v) is 5.60. The van der Waals surface area contributed by atoms with E-state index in [1.807, 2.05) is 54.6 Å². The zero-order valence-electron chi connectivity index (χ0n) is 17.8. The average Bonchev–Trinajstić information content (AvgIpc) is 2.77. The van der Waals surface area contributed by atoms with Crippen molar-refractivity contribution in [1.82, 2.24) is 9.80 Å². The molecule has 0 aliphatic carbocycles. The van der Waals surface area contributed by atoms with E-state index >= 15 is 0 Å². The Morgan fingerprint density at radius 2 is 1.80 bits per heavy atom. The highest BCUT2D eigenvalue weighted by atomic mass is 16.3. The molecule has 30 heavy (non-hydrogen) atoms. The molecule has 0 aromatic heterocycles. The maximum absolute atomic E-state index is 12.7. The zero-order chi connectivity index (χ0) is 21.5. The molecule has 1 saturated heterocycles. The van der Waals surface area contributed by atoms with Crippen LogP contribution in [-0.2, 0) is 11.2 Å². The van der Waals surface area contributed by atoms with Crippen LogP contribution < -0.4 is 5.32 Å². The SMILES string of the molecule is CN(C)C(=O)N1CCC(C(=O)Nc2cccc(CCC(O)c3ccccc3)c2)CC1. The molecule has 1 aliphatic rings. The van der Waals surface area contributed by atoms with E-state index in [2.05, 4.69) is 5.32 Å². The van der Waals surface area contributed by atoms with E-state index in [-0.39, 0.29) is 17.9 Å². The summed E-state index contributed by atoms with van der Waals surface area (Å²) in [5, 5.41) is 13.4. The number of aliphatic hydroxyl groups excluding tert-OH is 1. The molecule has 6 nitrogen and oxygen atoms in total. The molecule has 0 spiro atoms. The van der Waals surface area contributed by atoms with Crippen LogP contribution in [0.3, 0.4) is 0 Å². The van der Waals surface area contributed by atoms with Gasteiger partial charge in [0.1, 0.15) is 0 Å². The highest BCUT2D eigenvalue weighted by molar-refractivity contribution is 5.92. The molecule has 1 heterocycles. The predicted molar refractivity (Wildman–Crippen MR) is 118 cm³/mol. The first-order valence-electron chi connectivity index (χ1n) is 10.5. The van der Waals surface area contributed by atoms with Crippen molar-refractivity contribution in [2.24, 2.45) is 5.92 Å². The van der Waals surface area contributed by atoms with Gasteiger partial charge in [0, 0.05) is 38.8 Å². The number of piperidine rings is 1. The highest BCUT2D eigenvalue weighted by Crippen LogP contribution is 2.22. The largest absolute Gasteiger partial charge is 0.388 e. The van der Waals surface area contributed by atoms with E-state index in [1.54, 1.807) is 23.9 Å². The van der Waals surface area contributed by atoms with Crippen molar-refractivity contribution in [3.63, 3.8) is 0 Å². The number of carbonyl (C=O) groups is 2. The lowest BCUT2D eigenvalue weighted by Gasteiger charge is -2.33. The Kier molecular flexibility index (Phi) is 7.46. The van der Waals surface area contributed by atoms with Gasteiger partial charge in [-0.15, -0.1) is 0 Å². The van der Waals surface area contributed by atoms with Crippen molar-refractivity contribution in [2.45, 2.75) is 31.8 Å². The lowest BCUT2D eigenvalue weighted by atomic mass is 9.96. The number of carbonyl (C=O) groups excluding carboxylic acids is 2. The standard InChI is InChI=1S/C24H31N3O3/c1-26(2)24(30)27-15-13-20(14-16-27)23(29)25-21-10-6-7-18(17-21)11-12-22(28)19-8-4-3-5-9-19/h3-10,17,20,22,28H,11-16H2,1-2H3,(H,25,29). The van der Waals surface area contributed by atoms with Gasteiger partial charge in [0.15, 0.2) is 0 Å². The molecular weight excluding hydrogens is 378 g/mol. The van der Waals surface area contributed by atoms with Crippen molar-refractivity contribution < 1.29 is 14.7 Å². The number of aryl methyl sites for hydroxylation is 1. The minimum absolute atomic E-state index is 0.000695. The summed E-state index contributed by atoms with van der Waals surface area (Å²) in [5.41, 5.74) is 2.77. The molecule has 160 valence electrons. The third kappa shape index (κ3) is 5.83. The molecule has 1 unspecified atom stereocenters. The molecule has 2 aromatic rings. The molecular formula is C24H31N3O3. The van der Waals surface area contributed by atoms with E-state index < -0.39 is 6.10 Å². The number of rotatable bonds is 6. The second-order valence-corrected chi connectivity index (χ2v) is 8.09. The summed E-state index contributed by atoms with van der Waals surface area (Å²) in [5.74, 6) is -0.0757. The van der Waals surface area contributed by atoms with Gasteiger partial charge in [0.2, 0.25) is 5.91 Å². The van der Waals surface area contributed by atoms with E-state index in [0.717, 1.165) is 23.2 Å². The Hall–Kier alpha value is -2.86. The summed E-state index contributed by atoms with van der Waals surface area (Å²) in [6, 6.07) is 17.4. The Morgan fingerprint density at radius 1 is 1.10 bits per heavy atom. The van der Waals surface area contributed by atoms with Crippen LogP contribution in [-0.4, -0.2) is 54.0 Å². The predicted octanol–water partition coefficient (Wildman–Crippen LogP) is 3.68. The van der Waals surface area contributed by atoms with Crippen LogP contribution in [0, 0.1) is 5.92 Å². The molecule has 0 radical (unpaired) electrons. The monoisotopic (exact) mass is 409 g/mol. The van der Waals surface area contributed by atoms with Gasteiger partial charge in [-0.3, -0.25) is 4.79 Å². The number of hydrogen-bond donors (Lipinski definition) is 2. The van der Waals surface area contributed by atoms with Crippen molar-refractivity contribution in [2.75, 3.05) is 32.5 Å². The fourth-order valence-corrected chi connectivity index (χ4v) is 3.81. The molecule has 3 rings (SSSR count). The number of benzene rings is 2. The zero-order valence-corrected chi connectivity index (χ0v) is 17.8. The first kappa shape index (κ1) is 21.8. The highest BCUT2D eigenvalue weighted by Gasteiger charge is 2.28. The number of anilines is 1. The van der Waals surface area contributed by atoms with E-state index in [9.17, 15) is 14.7 Å². The van der Waals surface area contributed by atoms with Gasteiger partial charge in [-0.1, -0.05) is 42.5 Å². The molecule has 2 N–H and O–H groups in total. The fourth-order valence-electron chi connectivity index (χ4n) is 3.81. The molecule has 2 aromatic carbocycles. The molecule has 0 bridgehead atoms. The topological polar surface area (TPSA) is 72.9 Å². The smallest absolute Gasteiger partial charge is 0.319 e. The summed E-state index contributed by atoms with van der Waals surface area (Å²) in [4.78, 5) is 28.1. The molecule has 1 aliphatic heterocycles. The first-order chi connectivity index (χ1) is 14.4. The molecule has 6 heteroatoms. The number of aliphatic hydroxyl groups is 1. The maximum Gasteiger partial charge on any atom is 0.319 e. The van der Waals surface area contributed by atoms with Gasteiger partial charge in [0.05, 0.1) is 6.10 Å². The summed E-state index contributed by atoms with van der Waals surface area (Å²) in [7, 11) is 3.49. The number of amides is 3. The van der Waals surface area contributed by atoms with Crippen LogP contribution >= 0.6 is 0 Å². The van der Waals surface area contributed by atoms with Crippen molar-refractivity contribution >= 4 is 17.6 Å². The maximum atomic E-state index is 12.7. The van der Waals surface area contributed by atoms with E-state index in [1.165, 1.54) is 0 Å². The Bertz CT molecular complexity index is 846. The average molecular weight is 410 g/mol. The molecule has 1 atom stereocenters. The lowest BCUT2D eigenvalue weighted by Crippen LogP contribution is -2.45. The quantitative estimate of drug-likeness (QED) is 0.764. The van der Waals surface area contributed by atoms with Crippen LogP contribution in [0.15, 0.2) is 54.6 Å². The van der Waals surface area contributed by atoms with Crippen molar-refractivity contribution in [1.29, 1.82) is 0 Å². The van der Waals surface area contributed by atoms with Crippen LogP contribution in [0.4, 0.5) is 10.5 Å². The lowest BCUT2D eigenvalue weighted by molar-refractivity contribution is -0.121. The number of hydrogen-bond acceptors (Lipinski definition) is 3. The third-order valence-electron chi connectivity index (χ3n) is 5.60. The van der Waals surface area contributed by atoms with Crippen molar-refractivity contribution in [3.05, 3.63) is 65.7 Å². The van der Waals surface area contributed by atoms with E-state index in [0.29, 0.717) is 32.4 Å². The Labute approximate surface area is 178 Å². The fraction of sp³-hybridized carbons (Fsp3) is 0.417. The first-order valence-corrected chi connectivity index (χ1v) is 10.5. The van der Waals surface area contributed by atoms with Gasteiger partial charge in [-0.05, 0) is 48.9 Å². The number of likely N-dealkylation sites (tertiary alicyclic amines) is 1. The van der Waals surface area contributed by atoms with Gasteiger partial charge in [0.25, 0.3) is 0 Å². The van der Waals surface area contributed by atoms with Gasteiger partial charge >= 0.3 is 6.03 Å². The number of urea groups is 1. The number of nitrogens with zero attached hydrogens (tertiary/aromatic N) is 2. The van der Waals surface area contributed by atoms with Crippen LogP contribution in [0.25, 0.3) is 0 Å². The van der Waals surface area contributed by atoms with Crippen molar-refractivity contribution in [3.8, 4) is 0 Å². The van der Waals surface area contributed by atoms with Gasteiger partial charge in [-0.2, -0.15) is 0 Å². The summed E-state index contributed by atoms with van der Waals surface area (Å²) < 4.78 is 0. The van der Waals surface area contributed by atoms with Crippen LogP contribution in [0.2, 0.25) is 0 Å². The summed E-state index contributed by atoms with van der Waals surface area (Å²) in [6.45, 7) is 1.21. The Morgan fingerprint density at radius 3 is 2.47 bits per heavy atom.